The van der Waals surface area contributed by atoms with Gasteiger partial charge in [0.05, 0.1) is 31.9 Å². The third-order valence-electron chi connectivity index (χ3n) is 10.6. The molecule has 48 heavy (non-hydrogen) atoms. The smallest absolute Gasteiger partial charge is 0.469 e. The number of carbonyl (C=O) groups excluding carboxylic acids is 5. The monoisotopic (exact) mass is 670 g/mol. The highest BCUT2D eigenvalue weighted by Gasteiger charge is 2.68. The summed E-state index contributed by atoms with van der Waals surface area (Å²) in [5.41, 5.74) is 0.395. The third-order valence-corrected chi connectivity index (χ3v) is 10.6. The molecule has 4 N–H and O–H groups in total. The number of esters is 1. The van der Waals surface area contributed by atoms with Crippen molar-refractivity contribution in [1.29, 1.82) is 0 Å². The van der Waals surface area contributed by atoms with Gasteiger partial charge in [0, 0.05) is 12.8 Å². The molecule has 8 atom stereocenters. The van der Waals surface area contributed by atoms with Crippen LogP contribution in [-0.2, 0) is 44.4 Å². The van der Waals surface area contributed by atoms with Crippen molar-refractivity contribution < 1.29 is 42.8 Å². The average Bonchev–Trinajstić information content (AvgIpc) is 3.41. The number of benzene rings is 1. The number of methoxy groups -OCH3 is 2. The normalized spacial score (nSPS) is 26.1. The van der Waals surface area contributed by atoms with E-state index >= 15 is 0 Å². The van der Waals surface area contributed by atoms with Crippen molar-refractivity contribution in [2.75, 3.05) is 14.2 Å². The molecule has 4 aliphatic rings. The van der Waals surface area contributed by atoms with Gasteiger partial charge < -0.3 is 40.0 Å². The topological polar surface area (TPSA) is 170 Å². The molecule has 1 aromatic rings. The Bertz CT molecular complexity index is 1340. The van der Waals surface area contributed by atoms with Crippen LogP contribution in [0.3, 0.4) is 0 Å². The first kappa shape index (κ1) is 37.2. The highest BCUT2D eigenvalue weighted by molar-refractivity contribution is 6.48. The first-order valence-corrected chi connectivity index (χ1v) is 16.8. The summed E-state index contributed by atoms with van der Waals surface area (Å²) in [6.45, 7) is 11.6. The van der Waals surface area contributed by atoms with E-state index in [1.165, 1.54) is 21.1 Å². The van der Waals surface area contributed by atoms with Crippen LogP contribution in [0.5, 0.6) is 0 Å². The number of alkyl carbamates (subject to hydrolysis) is 1. The van der Waals surface area contributed by atoms with Crippen LogP contribution in [0.15, 0.2) is 30.3 Å². The minimum absolute atomic E-state index is 0.0339. The molecule has 8 unspecified atom stereocenters. The van der Waals surface area contributed by atoms with Crippen LogP contribution >= 0.6 is 0 Å². The van der Waals surface area contributed by atoms with Crippen LogP contribution in [0.25, 0.3) is 0 Å². The summed E-state index contributed by atoms with van der Waals surface area (Å²) in [5.74, 6) is -2.24. The van der Waals surface area contributed by atoms with Crippen LogP contribution < -0.4 is 21.3 Å². The first-order chi connectivity index (χ1) is 22.6. The van der Waals surface area contributed by atoms with E-state index in [1.54, 1.807) is 13.8 Å². The minimum atomic E-state index is -1.06. The Hall–Kier alpha value is -3.65. The van der Waals surface area contributed by atoms with Gasteiger partial charge in [-0.3, -0.25) is 19.2 Å². The molecule has 1 heterocycles. The van der Waals surface area contributed by atoms with Gasteiger partial charge in [0.1, 0.15) is 18.1 Å². The number of carbonyl (C=O) groups is 5. The number of amides is 4. The molecule has 264 valence electrons. The number of hydrogen-bond donors (Lipinski definition) is 4. The molecule has 13 nitrogen and oxygen atoms in total. The summed E-state index contributed by atoms with van der Waals surface area (Å²) >= 11 is 0. The van der Waals surface area contributed by atoms with Gasteiger partial charge in [-0.2, -0.15) is 0 Å². The van der Waals surface area contributed by atoms with Crippen LogP contribution in [0.2, 0.25) is 0 Å². The van der Waals surface area contributed by atoms with Gasteiger partial charge in [-0.1, -0.05) is 58.0 Å². The van der Waals surface area contributed by atoms with Gasteiger partial charge in [0.25, 0.3) is 0 Å². The predicted molar refractivity (Wildman–Crippen MR) is 177 cm³/mol. The minimum Gasteiger partial charge on any atom is -0.469 e. The maximum Gasteiger partial charge on any atom is 0.481 e. The Morgan fingerprint density at radius 1 is 0.896 bits per heavy atom. The average molecular weight is 671 g/mol. The summed E-state index contributed by atoms with van der Waals surface area (Å²) in [4.78, 5) is 64.5. The fraction of sp³-hybridized carbons (Fsp3) is 0.676. The summed E-state index contributed by atoms with van der Waals surface area (Å²) in [6, 6.07) is 6.08. The largest absolute Gasteiger partial charge is 0.481 e. The second kappa shape index (κ2) is 15.3. The zero-order valence-corrected chi connectivity index (χ0v) is 29.3. The Balaban J connectivity index is 1.46. The van der Waals surface area contributed by atoms with Crippen LogP contribution in [0.1, 0.15) is 72.8 Å². The molecule has 2 bridgehead atoms. The van der Waals surface area contributed by atoms with Crippen LogP contribution in [-0.4, -0.2) is 86.9 Å². The molecule has 1 aromatic carbocycles. The van der Waals surface area contributed by atoms with Crippen molar-refractivity contribution in [2.24, 2.45) is 23.2 Å². The van der Waals surface area contributed by atoms with Crippen molar-refractivity contribution in [2.45, 2.75) is 109 Å². The molecule has 5 rings (SSSR count). The lowest BCUT2D eigenvalue weighted by Gasteiger charge is -2.64. The number of ether oxygens (including phenoxy) is 2. The first-order valence-electron chi connectivity index (χ1n) is 16.8. The van der Waals surface area contributed by atoms with Crippen LogP contribution in [0, 0.1) is 23.2 Å². The van der Waals surface area contributed by atoms with Gasteiger partial charge in [-0.15, -0.1) is 0 Å². The highest BCUT2D eigenvalue weighted by Crippen LogP contribution is 2.65. The van der Waals surface area contributed by atoms with E-state index in [0.29, 0.717) is 11.8 Å². The second-order valence-corrected chi connectivity index (χ2v) is 14.4. The zero-order valence-electron chi connectivity index (χ0n) is 29.3. The Morgan fingerprint density at radius 3 is 2.19 bits per heavy atom. The van der Waals surface area contributed by atoms with E-state index in [1.807, 2.05) is 30.3 Å². The molecule has 1 aliphatic heterocycles. The maximum atomic E-state index is 13.7. The standard InChI is InChI=1S/C34H51BN4O9/c1-19(2)28(39-32(44)46-8)31(43)37-23(16-21-12-10-9-11-13-21)30(42)36-20(3)29(41)38-26(14-15-27(40)45-7)35-47-25-18-22-17-24(33(22,4)5)34(25,6)48-35/h9-13,19-20,22-26,28H,14-18H2,1-8H3,(H,36,42)(H,37,43)(H,38,41)(H,39,44). The van der Waals surface area contributed by atoms with Gasteiger partial charge in [-0.25, -0.2) is 4.79 Å². The maximum absolute atomic E-state index is 13.7. The molecule has 3 aliphatic carbocycles. The molecule has 3 saturated carbocycles. The second-order valence-electron chi connectivity index (χ2n) is 14.4. The predicted octanol–water partition coefficient (Wildman–Crippen LogP) is 2.30. The van der Waals surface area contributed by atoms with E-state index in [0.717, 1.165) is 18.4 Å². The van der Waals surface area contributed by atoms with Gasteiger partial charge in [0.15, 0.2) is 0 Å². The van der Waals surface area contributed by atoms with E-state index in [9.17, 15) is 24.0 Å². The van der Waals surface area contributed by atoms with Gasteiger partial charge in [0.2, 0.25) is 17.7 Å². The van der Waals surface area contributed by atoms with Crippen molar-refractivity contribution in [3.63, 3.8) is 0 Å². The van der Waals surface area contributed by atoms with Crippen molar-refractivity contribution in [3.8, 4) is 0 Å². The van der Waals surface area contributed by atoms with Gasteiger partial charge >= 0.3 is 19.2 Å². The van der Waals surface area contributed by atoms with Crippen molar-refractivity contribution >= 4 is 36.9 Å². The molecule has 4 amide bonds. The molecule has 0 radical (unpaired) electrons. The Kier molecular flexibility index (Phi) is 11.8. The van der Waals surface area contributed by atoms with Crippen molar-refractivity contribution in [1.82, 2.24) is 21.3 Å². The summed E-state index contributed by atoms with van der Waals surface area (Å²) in [7, 11) is 1.72. The highest BCUT2D eigenvalue weighted by atomic mass is 16.7. The Morgan fingerprint density at radius 2 is 1.58 bits per heavy atom. The summed E-state index contributed by atoms with van der Waals surface area (Å²) in [5, 5.41) is 10.9. The molecule has 0 spiro atoms. The summed E-state index contributed by atoms with van der Waals surface area (Å²) < 4.78 is 22.5. The van der Waals surface area contributed by atoms with Crippen LogP contribution in [0.4, 0.5) is 4.79 Å². The van der Waals surface area contributed by atoms with E-state index in [-0.39, 0.29) is 36.7 Å². The lowest BCUT2D eigenvalue weighted by Crippen LogP contribution is -2.65. The zero-order chi connectivity index (χ0) is 35.4. The molecular formula is C34H51BN4O9. The molecular weight excluding hydrogens is 619 g/mol. The van der Waals surface area contributed by atoms with Crippen molar-refractivity contribution in [3.05, 3.63) is 35.9 Å². The lowest BCUT2D eigenvalue weighted by atomic mass is 9.43. The third kappa shape index (κ3) is 8.14. The fourth-order valence-electron chi connectivity index (χ4n) is 7.45. The Labute approximate surface area is 283 Å². The van der Waals surface area contributed by atoms with E-state index in [2.05, 4.69) is 46.8 Å². The SMILES string of the molecule is COC(=O)CCC(NC(=O)C(C)NC(=O)C(Cc1ccccc1)NC(=O)C(NC(=O)OC)C(C)C)B1OC2CC3CC(C3(C)C)C2(C)O1. The summed E-state index contributed by atoms with van der Waals surface area (Å²) in [6.07, 6.45) is 1.41. The fourth-order valence-corrected chi connectivity index (χ4v) is 7.45. The van der Waals surface area contributed by atoms with Gasteiger partial charge in [-0.05, 0) is 61.8 Å². The molecule has 1 saturated heterocycles. The number of nitrogens with one attached hydrogen (secondary N) is 4. The number of hydrogen-bond acceptors (Lipinski definition) is 9. The quantitative estimate of drug-likeness (QED) is 0.171. The molecule has 4 fully saturated rings. The van der Waals surface area contributed by atoms with E-state index in [4.69, 9.17) is 14.0 Å². The number of rotatable bonds is 14. The molecule has 14 heteroatoms. The molecule has 0 aromatic heterocycles. The lowest BCUT2D eigenvalue weighted by molar-refractivity contribution is -0.199. The van der Waals surface area contributed by atoms with E-state index < -0.39 is 66.6 Å².